The Morgan fingerprint density at radius 2 is 1.89 bits per heavy atom. The van der Waals surface area contributed by atoms with E-state index in [1.54, 1.807) is 24.4 Å². The third-order valence-electron chi connectivity index (χ3n) is 6.39. The van der Waals surface area contributed by atoms with Gasteiger partial charge in [0.2, 0.25) is 6.79 Å². The first-order chi connectivity index (χ1) is 17.9. The number of pyridine rings is 1. The molecule has 0 saturated carbocycles. The summed E-state index contributed by atoms with van der Waals surface area (Å²) in [5.74, 6) is 1.61. The van der Waals surface area contributed by atoms with Crippen LogP contribution in [0.4, 0.5) is 5.82 Å². The van der Waals surface area contributed by atoms with Crippen molar-refractivity contribution in [2.75, 3.05) is 24.8 Å². The molecule has 6 rings (SSSR count). The van der Waals surface area contributed by atoms with Gasteiger partial charge in [-0.1, -0.05) is 36.1 Å². The van der Waals surface area contributed by atoms with Crippen molar-refractivity contribution in [2.45, 2.75) is 32.6 Å². The molecule has 2 aromatic heterocycles. The number of carbonyl (C=O) groups excluding carboxylic acids is 1. The van der Waals surface area contributed by atoms with Crippen molar-refractivity contribution in [1.82, 2.24) is 14.3 Å². The lowest BCUT2D eigenvalue weighted by Gasteiger charge is -2.36. The molecule has 0 radical (unpaired) electrons. The van der Waals surface area contributed by atoms with E-state index in [0.717, 1.165) is 5.56 Å². The largest absolute Gasteiger partial charge is 0.454 e. The number of carbonyl (C=O) groups is 1. The topological polar surface area (TPSA) is 85.6 Å². The van der Waals surface area contributed by atoms with Crippen molar-refractivity contribution in [3.63, 3.8) is 0 Å². The van der Waals surface area contributed by atoms with Crippen molar-refractivity contribution in [2.24, 2.45) is 0 Å². The highest BCUT2D eigenvalue weighted by Crippen LogP contribution is 2.37. The Hall–Kier alpha value is -3.41. The third-order valence-corrected chi connectivity index (χ3v) is 7.77. The van der Waals surface area contributed by atoms with Crippen molar-refractivity contribution < 1.29 is 19.0 Å². The highest BCUT2D eigenvalue weighted by Gasteiger charge is 2.34. The smallest absolute Gasteiger partial charge is 0.267 e. The van der Waals surface area contributed by atoms with Crippen LogP contribution >= 0.6 is 24.0 Å². The van der Waals surface area contributed by atoms with E-state index in [2.05, 4.69) is 4.90 Å². The lowest BCUT2D eigenvalue weighted by molar-refractivity contribution is -0.122. The summed E-state index contributed by atoms with van der Waals surface area (Å²) >= 11 is 6.74. The van der Waals surface area contributed by atoms with Crippen LogP contribution < -0.4 is 19.9 Å². The van der Waals surface area contributed by atoms with Gasteiger partial charge in [0.1, 0.15) is 15.8 Å². The molecule has 0 spiro atoms. The van der Waals surface area contributed by atoms with Crippen molar-refractivity contribution in [1.29, 1.82) is 0 Å². The van der Waals surface area contributed by atoms with Crippen LogP contribution in [0.5, 0.6) is 11.5 Å². The fourth-order valence-electron chi connectivity index (χ4n) is 4.80. The Morgan fingerprint density at radius 1 is 1.11 bits per heavy atom. The summed E-state index contributed by atoms with van der Waals surface area (Å²) in [4.78, 5) is 35.9. The van der Waals surface area contributed by atoms with E-state index in [0.29, 0.717) is 57.4 Å². The summed E-state index contributed by atoms with van der Waals surface area (Å²) in [6.07, 6.45) is 3.27. The summed E-state index contributed by atoms with van der Waals surface area (Å²) in [5.41, 5.74) is 1.52. The first-order valence-electron chi connectivity index (χ1n) is 11.9. The minimum Gasteiger partial charge on any atom is -0.454 e. The molecule has 5 heterocycles. The SMILES string of the molecule is CC1CN(c2nc3ccccn3c(=O)c2C=C2SC(=S)N(Cc3ccc4c(c3)OCO4)C2=O)CC(C)O1. The number of aromatic nitrogens is 2. The third kappa shape index (κ3) is 4.47. The van der Waals surface area contributed by atoms with Crippen LogP contribution in [0.25, 0.3) is 11.7 Å². The Kier molecular flexibility index (Phi) is 6.13. The van der Waals surface area contributed by atoms with Crippen LogP contribution in [0.15, 0.2) is 52.3 Å². The molecule has 11 heteroatoms. The fourth-order valence-corrected chi connectivity index (χ4v) is 6.04. The lowest BCUT2D eigenvalue weighted by atomic mass is 10.1. The van der Waals surface area contributed by atoms with Crippen LogP contribution in [-0.2, 0) is 16.1 Å². The quantitative estimate of drug-likeness (QED) is 0.368. The predicted molar refractivity (Wildman–Crippen MR) is 145 cm³/mol. The molecule has 3 aliphatic heterocycles. The van der Waals surface area contributed by atoms with Gasteiger partial charge in [-0.2, -0.15) is 0 Å². The minimum absolute atomic E-state index is 0.0208. The number of thioether (sulfide) groups is 1. The number of nitrogens with zero attached hydrogens (tertiary/aromatic N) is 4. The molecule has 1 aromatic carbocycles. The number of amides is 1. The molecule has 0 aliphatic carbocycles. The molecule has 2 fully saturated rings. The number of morpholine rings is 1. The summed E-state index contributed by atoms with van der Waals surface area (Å²) < 4.78 is 18.6. The van der Waals surface area contributed by atoms with Gasteiger partial charge in [-0.15, -0.1) is 0 Å². The Labute approximate surface area is 222 Å². The van der Waals surface area contributed by atoms with Gasteiger partial charge in [0.05, 0.1) is 29.2 Å². The second-order valence-electron chi connectivity index (χ2n) is 9.20. The summed E-state index contributed by atoms with van der Waals surface area (Å²) in [7, 11) is 0. The van der Waals surface area contributed by atoms with Gasteiger partial charge < -0.3 is 19.1 Å². The summed E-state index contributed by atoms with van der Waals surface area (Å²) in [6, 6.07) is 11.0. The number of thiocarbonyl (C=S) groups is 1. The Balaban J connectivity index is 1.37. The molecule has 190 valence electrons. The zero-order valence-corrected chi connectivity index (χ0v) is 21.9. The van der Waals surface area contributed by atoms with E-state index in [4.69, 9.17) is 31.4 Å². The van der Waals surface area contributed by atoms with E-state index in [1.165, 1.54) is 21.1 Å². The van der Waals surface area contributed by atoms with Gasteiger partial charge in [0.25, 0.3) is 11.5 Å². The van der Waals surface area contributed by atoms with Crippen LogP contribution in [0.2, 0.25) is 0 Å². The van der Waals surface area contributed by atoms with E-state index in [9.17, 15) is 9.59 Å². The van der Waals surface area contributed by atoms with Gasteiger partial charge in [-0.3, -0.25) is 18.9 Å². The van der Waals surface area contributed by atoms with E-state index in [1.807, 2.05) is 38.1 Å². The average molecular weight is 537 g/mol. The van der Waals surface area contributed by atoms with E-state index >= 15 is 0 Å². The number of rotatable bonds is 4. The second kappa shape index (κ2) is 9.47. The normalized spacial score (nSPS) is 22.5. The van der Waals surface area contributed by atoms with Crippen LogP contribution in [-0.4, -0.2) is 56.6 Å². The van der Waals surface area contributed by atoms with Gasteiger partial charge in [0, 0.05) is 19.3 Å². The number of ether oxygens (including phenoxy) is 3. The van der Waals surface area contributed by atoms with Crippen LogP contribution in [0, 0.1) is 0 Å². The molecule has 2 saturated heterocycles. The lowest BCUT2D eigenvalue weighted by Crippen LogP contribution is -2.46. The maximum Gasteiger partial charge on any atom is 0.267 e. The molecule has 37 heavy (non-hydrogen) atoms. The Bertz CT molecular complexity index is 1510. The van der Waals surface area contributed by atoms with Crippen molar-refractivity contribution in [3.8, 4) is 11.5 Å². The molecule has 0 N–H and O–H groups in total. The van der Waals surface area contributed by atoms with Crippen molar-refractivity contribution in [3.05, 3.63) is 69.0 Å². The van der Waals surface area contributed by atoms with Crippen LogP contribution in [0.1, 0.15) is 25.0 Å². The molecule has 3 aromatic rings. The number of benzene rings is 1. The van der Waals surface area contributed by atoms with Gasteiger partial charge >= 0.3 is 0 Å². The van der Waals surface area contributed by atoms with Crippen molar-refractivity contribution >= 4 is 51.7 Å². The van der Waals surface area contributed by atoms with Gasteiger partial charge in [0.15, 0.2) is 11.5 Å². The first-order valence-corrected chi connectivity index (χ1v) is 13.2. The van der Waals surface area contributed by atoms with Gasteiger partial charge in [-0.25, -0.2) is 4.98 Å². The van der Waals surface area contributed by atoms with Gasteiger partial charge in [-0.05, 0) is 49.8 Å². The monoisotopic (exact) mass is 536 g/mol. The van der Waals surface area contributed by atoms with Crippen LogP contribution in [0.3, 0.4) is 0 Å². The number of fused-ring (bicyclic) bond motifs is 2. The molecular weight excluding hydrogens is 512 g/mol. The molecule has 2 atom stereocenters. The second-order valence-corrected chi connectivity index (χ2v) is 10.9. The van der Waals surface area contributed by atoms with E-state index < -0.39 is 0 Å². The summed E-state index contributed by atoms with van der Waals surface area (Å²) in [6.45, 7) is 5.65. The fraction of sp³-hybridized carbons (Fsp3) is 0.308. The molecule has 3 aliphatic rings. The molecule has 2 unspecified atom stereocenters. The highest BCUT2D eigenvalue weighted by molar-refractivity contribution is 8.26. The number of hydrogen-bond acceptors (Lipinski definition) is 9. The maximum atomic E-state index is 13.6. The van der Waals surface area contributed by atoms with E-state index in [-0.39, 0.29) is 30.5 Å². The Morgan fingerprint density at radius 3 is 2.70 bits per heavy atom. The first kappa shape index (κ1) is 24.0. The number of hydrogen-bond donors (Lipinski definition) is 0. The predicted octanol–water partition coefficient (Wildman–Crippen LogP) is 3.44. The molecule has 1 amide bonds. The maximum absolute atomic E-state index is 13.6. The molecular formula is C26H24N4O5S2. The summed E-state index contributed by atoms with van der Waals surface area (Å²) in [5, 5.41) is 0. The molecule has 0 bridgehead atoms. The highest BCUT2D eigenvalue weighted by atomic mass is 32.2. The average Bonchev–Trinajstić information content (AvgIpc) is 3.44. The molecule has 9 nitrogen and oxygen atoms in total. The number of anilines is 1. The standard InChI is InChI=1S/C26H24N4O5S2/c1-15-11-28(12-16(2)35-15)23-18(24(31)29-8-4-3-5-22(29)27-23)10-21-25(32)30(26(36)37-21)13-17-6-7-19-20(9-17)34-14-33-19/h3-10,15-16H,11-14H2,1-2H3. The zero-order valence-electron chi connectivity index (χ0n) is 20.2. The minimum atomic E-state index is -0.250. The zero-order chi connectivity index (χ0) is 25.7.